The molecule has 0 bridgehead atoms. The molecule has 1 unspecified atom stereocenters. The number of nitrogens with zero attached hydrogens (tertiary/aromatic N) is 1. The van der Waals surface area contributed by atoms with E-state index in [-0.39, 0.29) is 6.10 Å². The van der Waals surface area contributed by atoms with Gasteiger partial charge in [0.05, 0.1) is 17.0 Å². The van der Waals surface area contributed by atoms with Gasteiger partial charge in [-0.05, 0) is 37.0 Å². The van der Waals surface area contributed by atoms with Crippen LogP contribution in [0.2, 0.25) is 4.34 Å². The number of fused-ring (bicyclic) bond motifs is 1. The summed E-state index contributed by atoms with van der Waals surface area (Å²) >= 11 is 7.53. The van der Waals surface area contributed by atoms with Gasteiger partial charge in [-0.25, -0.2) is 0 Å². The van der Waals surface area contributed by atoms with Gasteiger partial charge in [0.1, 0.15) is 0 Å². The summed E-state index contributed by atoms with van der Waals surface area (Å²) in [6, 6.07) is 3.99. The van der Waals surface area contributed by atoms with E-state index in [1.54, 1.807) is 11.3 Å². The molecule has 1 N–H and O–H groups in total. The number of aliphatic hydroxyl groups excluding tert-OH is 1. The Kier molecular flexibility index (Phi) is 2.99. The van der Waals surface area contributed by atoms with E-state index in [2.05, 4.69) is 23.0 Å². The van der Waals surface area contributed by atoms with Crippen molar-refractivity contribution in [2.75, 3.05) is 0 Å². The van der Waals surface area contributed by atoms with Crippen molar-refractivity contribution in [1.82, 2.24) is 4.57 Å². The Bertz CT molecular complexity index is 531. The highest BCUT2D eigenvalue weighted by Crippen LogP contribution is 2.31. The van der Waals surface area contributed by atoms with Crippen LogP contribution in [0.4, 0.5) is 0 Å². The normalized spacial score (nSPS) is 19.3. The fourth-order valence-corrected chi connectivity index (χ4v) is 3.53. The fourth-order valence-electron chi connectivity index (χ4n) is 2.43. The van der Waals surface area contributed by atoms with Crippen LogP contribution in [-0.2, 0) is 13.0 Å². The zero-order chi connectivity index (χ0) is 11.8. The maximum atomic E-state index is 9.91. The molecule has 1 aliphatic carbocycles. The van der Waals surface area contributed by atoms with Crippen LogP contribution in [0.25, 0.3) is 0 Å². The molecule has 3 rings (SSSR count). The molecule has 2 heterocycles. The third kappa shape index (κ3) is 2.28. The minimum Gasteiger partial charge on any atom is -0.388 e. The molecule has 0 aromatic carbocycles. The summed E-state index contributed by atoms with van der Waals surface area (Å²) in [4.78, 5) is 1.25. The molecule has 1 atom stereocenters. The van der Waals surface area contributed by atoms with Crippen LogP contribution in [-0.4, -0.2) is 9.67 Å². The molecular weight excluding hydrogens is 254 g/mol. The number of hydrogen-bond donors (Lipinski definition) is 1. The summed E-state index contributed by atoms with van der Waals surface area (Å²) in [5.74, 6) is 0. The van der Waals surface area contributed by atoms with Gasteiger partial charge < -0.3 is 9.67 Å². The predicted octanol–water partition coefficient (Wildman–Crippen LogP) is 3.62. The molecule has 4 heteroatoms. The van der Waals surface area contributed by atoms with Crippen LogP contribution in [0, 0.1) is 0 Å². The van der Waals surface area contributed by atoms with Crippen LogP contribution in [0.15, 0.2) is 24.5 Å². The van der Waals surface area contributed by atoms with Gasteiger partial charge in [-0.2, -0.15) is 0 Å². The summed E-state index contributed by atoms with van der Waals surface area (Å²) in [5, 5.41) is 9.91. The average Bonchev–Trinajstić information content (AvgIpc) is 2.86. The third-order valence-corrected chi connectivity index (χ3v) is 4.46. The SMILES string of the molecule is OC1CCCc2cn(Cc3ccc(Cl)s3)cc21. The molecule has 0 saturated carbocycles. The summed E-state index contributed by atoms with van der Waals surface area (Å²) in [6.07, 6.45) is 7.03. The number of aryl methyl sites for hydroxylation is 1. The van der Waals surface area contributed by atoms with Gasteiger partial charge in [-0.1, -0.05) is 11.6 Å². The number of aliphatic hydroxyl groups is 1. The molecule has 0 saturated heterocycles. The lowest BCUT2D eigenvalue weighted by atomic mass is 9.93. The van der Waals surface area contributed by atoms with E-state index in [1.165, 1.54) is 10.4 Å². The molecule has 1 aliphatic rings. The van der Waals surface area contributed by atoms with E-state index in [0.717, 1.165) is 35.7 Å². The van der Waals surface area contributed by atoms with Crippen LogP contribution < -0.4 is 0 Å². The lowest BCUT2D eigenvalue weighted by Gasteiger charge is -2.16. The topological polar surface area (TPSA) is 25.2 Å². The van der Waals surface area contributed by atoms with E-state index < -0.39 is 0 Å². The van der Waals surface area contributed by atoms with Crippen molar-refractivity contribution in [1.29, 1.82) is 0 Å². The van der Waals surface area contributed by atoms with Gasteiger partial charge in [0.15, 0.2) is 0 Å². The number of thiophene rings is 1. The number of aromatic nitrogens is 1. The van der Waals surface area contributed by atoms with E-state index in [0.29, 0.717) is 0 Å². The van der Waals surface area contributed by atoms with Crippen molar-refractivity contribution < 1.29 is 5.11 Å². The van der Waals surface area contributed by atoms with Crippen molar-refractivity contribution in [3.8, 4) is 0 Å². The van der Waals surface area contributed by atoms with Crippen molar-refractivity contribution in [3.63, 3.8) is 0 Å². The number of rotatable bonds is 2. The molecule has 2 nitrogen and oxygen atoms in total. The maximum absolute atomic E-state index is 9.91. The second-order valence-electron chi connectivity index (χ2n) is 4.52. The van der Waals surface area contributed by atoms with E-state index in [9.17, 15) is 5.11 Å². The molecule has 0 aliphatic heterocycles. The fraction of sp³-hybridized carbons (Fsp3) is 0.385. The van der Waals surface area contributed by atoms with Gasteiger partial charge in [-0.15, -0.1) is 11.3 Å². The third-order valence-electron chi connectivity index (χ3n) is 3.25. The lowest BCUT2D eigenvalue weighted by Crippen LogP contribution is -2.05. The molecular formula is C13H14ClNOS. The summed E-state index contributed by atoms with van der Waals surface area (Å²) in [6.45, 7) is 0.844. The van der Waals surface area contributed by atoms with Crippen molar-refractivity contribution in [2.24, 2.45) is 0 Å². The maximum Gasteiger partial charge on any atom is 0.0931 e. The van der Waals surface area contributed by atoms with Gasteiger partial charge in [0.25, 0.3) is 0 Å². The van der Waals surface area contributed by atoms with Crippen LogP contribution in [0.1, 0.15) is 34.9 Å². The highest BCUT2D eigenvalue weighted by molar-refractivity contribution is 7.16. The molecule has 2 aromatic heterocycles. The second kappa shape index (κ2) is 4.48. The van der Waals surface area contributed by atoms with Gasteiger partial charge in [0.2, 0.25) is 0 Å². The molecule has 0 amide bonds. The molecule has 0 radical (unpaired) electrons. The van der Waals surface area contributed by atoms with Crippen LogP contribution in [0.3, 0.4) is 0 Å². The Hall–Kier alpha value is -0.770. The molecule has 17 heavy (non-hydrogen) atoms. The first kappa shape index (κ1) is 11.3. The molecule has 2 aromatic rings. The highest BCUT2D eigenvalue weighted by Gasteiger charge is 2.19. The zero-order valence-electron chi connectivity index (χ0n) is 9.40. The Morgan fingerprint density at radius 3 is 3.00 bits per heavy atom. The first-order valence-electron chi connectivity index (χ1n) is 5.83. The van der Waals surface area contributed by atoms with Crippen molar-refractivity contribution in [3.05, 3.63) is 44.9 Å². The predicted molar refractivity (Wildman–Crippen MR) is 70.8 cm³/mol. The summed E-state index contributed by atoms with van der Waals surface area (Å²) < 4.78 is 2.98. The minimum atomic E-state index is -0.271. The quantitative estimate of drug-likeness (QED) is 0.883. The lowest BCUT2D eigenvalue weighted by molar-refractivity contribution is 0.157. The van der Waals surface area contributed by atoms with Crippen LogP contribution >= 0.6 is 22.9 Å². The van der Waals surface area contributed by atoms with E-state index >= 15 is 0 Å². The zero-order valence-corrected chi connectivity index (χ0v) is 11.0. The Morgan fingerprint density at radius 1 is 1.41 bits per heavy atom. The highest BCUT2D eigenvalue weighted by atomic mass is 35.5. The van der Waals surface area contributed by atoms with Gasteiger partial charge >= 0.3 is 0 Å². The molecule has 0 fully saturated rings. The van der Waals surface area contributed by atoms with Gasteiger partial charge in [-0.3, -0.25) is 0 Å². The van der Waals surface area contributed by atoms with Crippen LogP contribution in [0.5, 0.6) is 0 Å². The molecule has 90 valence electrons. The largest absolute Gasteiger partial charge is 0.388 e. The number of halogens is 1. The first-order valence-corrected chi connectivity index (χ1v) is 7.02. The summed E-state index contributed by atoms with van der Waals surface area (Å²) in [7, 11) is 0. The monoisotopic (exact) mass is 267 g/mol. The van der Waals surface area contributed by atoms with E-state index in [1.807, 2.05) is 6.07 Å². The van der Waals surface area contributed by atoms with E-state index in [4.69, 9.17) is 11.6 Å². The average molecular weight is 268 g/mol. The summed E-state index contributed by atoms with van der Waals surface area (Å²) in [5.41, 5.74) is 2.41. The van der Waals surface area contributed by atoms with Crippen molar-refractivity contribution >= 4 is 22.9 Å². The minimum absolute atomic E-state index is 0.271. The van der Waals surface area contributed by atoms with Gasteiger partial charge in [0, 0.05) is 22.8 Å². The second-order valence-corrected chi connectivity index (χ2v) is 6.32. The Morgan fingerprint density at radius 2 is 2.29 bits per heavy atom. The number of hydrogen-bond acceptors (Lipinski definition) is 2. The Labute approximate surface area is 109 Å². The van der Waals surface area contributed by atoms with Crippen molar-refractivity contribution in [2.45, 2.75) is 31.9 Å². The first-order chi connectivity index (χ1) is 8.22. The smallest absolute Gasteiger partial charge is 0.0931 e. The molecule has 0 spiro atoms. The standard InChI is InChI=1S/C13H14ClNOS/c14-13-5-4-10(17-13)7-15-6-9-2-1-3-12(16)11(9)8-15/h4-6,8,12,16H,1-3,7H2. The Balaban J connectivity index is 1.85.